The molecule has 0 unspecified atom stereocenters. The van der Waals surface area contributed by atoms with Gasteiger partial charge in [0.25, 0.3) is 0 Å². The summed E-state index contributed by atoms with van der Waals surface area (Å²) in [6.45, 7) is 5.13. The molecule has 0 aromatic heterocycles. The predicted molar refractivity (Wildman–Crippen MR) is 47.5 cm³/mol. The van der Waals surface area contributed by atoms with Crippen molar-refractivity contribution < 1.29 is 0 Å². The molecule has 0 aromatic carbocycles. The number of alkyl halides is 1. The van der Waals surface area contributed by atoms with Crippen LogP contribution in [0.2, 0.25) is 0 Å². The molecule has 0 saturated heterocycles. The molecule has 0 atom stereocenters. The van der Waals surface area contributed by atoms with Crippen molar-refractivity contribution >= 4 is 29.8 Å². The van der Waals surface area contributed by atoms with E-state index in [4.69, 9.17) is 11.6 Å². The number of aliphatic imine (C=N–C) groups is 1. The van der Waals surface area contributed by atoms with E-state index in [0.717, 1.165) is 25.5 Å². The van der Waals surface area contributed by atoms with E-state index < -0.39 is 0 Å². The molecule has 2 nitrogen and oxygen atoms in total. The van der Waals surface area contributed by atoms with Crippen LogP contribution in [0.5, 0.6) is 0 Å². The van der Waals surface area contributed by atoms with Crippen LogP contribution < -0.4 is 0 Å². The van der Waals surface area contributed by atoms with Crippen LogP contribution in [-0.4, -0.2) is 36.2 Å². The van der Waals surface area contributed by atoms with Crippen molar-refractivity contribution in [2.24, 2.45) is 4.99 Å². The molecule has 0 fully saturated rings. The first-order chi connectivity index (χ1) is 4.38. The average molecular weight is 183 g/mol. The van der Waals surface area contributed by atoms with Gasteiger partial charge >= 0.3 is 0 Å². The zero-order valence-electron chi connectivity index (χ0n) is 6.01. The maximum absolute atomic E-state index is 5.61. The van der Waals surface area contributed by atoms with Gasteiger partial charge in [-0.1, -0.05) is 0 Å². The molecular formula is C6H12Cl2N2. The monoisotopic (exact) mass is 182 g/mol. The van der Waals surface area contributed by atoms with Crippen LogP contribution in [0.1, 0.15) is 6.92 Å². The molecule has 1 aliphatic rings. The Morgan fingerprint density at radius 1 is 1.70 bits per heavy atom. The zero-order chi connectivity index (χ0) is 6.69. The second-order valence-electron chi connectivity index (χ2n) is 2.01. The molecule has 0 aromatic rings. The fourth-order valence-electron chi connectivity index (χ4n) is 0.996. The highest BCUT2D eigenvalue weighted by Crippen LogP contribution is 2.01. The van der Waals surface area contributed by atoms with Crippen LogP contribution in [-0.2, 0) is 0 Å². The van der Waals surface area contributed by atoms with Gasteiger partial charge in [0.15, 0.2) is 0 Å². The first-order valence-corrected chi connectivity index (χ1v) is 3.76. The van der Waals surface area contributed by atoms with Crippen LogP contribution in [0, 0.1) is 0 Å². The lowest BCUT2D eigenvalue weighted by Crippen LogP contribution is -2.28. The molecule has 0 bridgehead atoms. The smallest absolute Gasteiger partial charge is 0.114 e. The normalized spacial score (nSPS) is 16.6. The Morgan fingerprint density at radius 3 is 2.80 bits per heavy atom. The van der Waals surface area contributed by atoms with E-state index in [1.165, 1.54) is 0 Å². The Labute approximate surface area is 72.7 Å². The van der Waals surface area contributed by atoms with E-state index in [-0.39, 0.29) is 12.4 Å². The van der Waals surface area contributed by atoms with Crippen molar-refractivity contribution in [1.29, 1.82) is 0 Å². The molecule has 10 heavy (non-hydrogen) atoms. The number of hydrogen-bond donors (Lipinski definition) is 0. The fraction of sp³-hybridized carbons (Fsp3) is 0.833. The van der Waals surface area contributed by atoms with Crippen molar-refractivity contribution in [2.45, 2.75) is 6.92 Å². The van der Waals surface area contributed by atoms with Gasteiger partial charge in [-0.05, 0) is 6.92 Å². The highest BCUT2D eigenvalue weighted by Gasteiger charge is 2.12. The molecule has 0 N–H and O–H groups in total. The minimum absolute atomic E-state index is 0. The molecule has 1 heterocycles. The molecule has 0 radical (unpaired) electrons. The predicted octanol–water partition coefficient (Wildman–Crippen LogP) is 1.38. The SMILES string of the molecule is CCN1CCN=C1CCl.Cl. The summed E-state index contributed by atoms with van der Waals surface area (Å²) < 4.78 is 0. The van der Waals surface area contributed by atoms with Gasteiger partial charge in [0.05, 0.1) is 12.4 Å². The van der Waals surface area contributed by atoms with Crippen LogP contribution in [0.25, 0.3) is 0 Å². The average Bonchev–Trinajstić information content (AvgIpc) is 2.33. The van der Waals surface area contributed by atoms with Gasteiger partial charge in [0, 0.05) is 13.1 Å². The molecule has 60 valence electrons. The Kier molecular flexibility index (Phi) is 4.83. The standard InChI is InChI=1S/C6H11ClN2.ClH/c1-2-9-4-3-8-6(9)5-7;/h2-5H2,1H3;1H. The third kappa shape index (κ3) is 2.03. The Hall–Kier alpha value is 0.0500. The minimum Gasteiger partial charge on any atom is -0.358 e. The maximum Gasteiger partial charge on any atom is 0.114 e. The van der Waals surface area contributed by atoms with Crippen molar-refractivity contribution in [3.63, 3.8) is 0 Å². The largest absolute Gasteiger partial charge is 0.358 e. The summed E-state index contributed by atoms with van der Waals surface area (Å²) in [7, 11) is 0. The summed E-state index contributed by atoms with van der Waals surface area (Å²) in [5, 5.41) is 0. The van der Waals surface area contributed by atoms with Gasteiger partial charge in [-0.25, -0.2) is 0 Å². The van der Waals surface area contributed by atoms with Crippen LogP contribution in [0.3, 0.4) is 0 Å². The van der Waals surface area contributed by atoms with E-state index in [2.05, 4.69) is 16.8 Å². The summed E-state index contributed by atoms with van der Waals surface area (Å²) >= 11 is 5.61. The van der Waals surface area contributed by atoms with E-state index in [9.17, 15) is 0 Å². The van der Waals surface area contributed by atoms with Crippen LogP contribution in [0.15, 0.2) is 4.99 Å². The number of nitrogens with zero attached hydrogens (tertiary/aromatic N) is 2. The number of amidine groups is 1. The second kappa shape index (κ2) is 4.80. The van der Waals surface area contributed by atoms with Crippen molar-refractivity contribution in [3.8, 4) is 0 Å². The summed E-state index contributed by atoms with van der Waals surface area (Å²) in [6, 6.07) is 0. The Balaban J connectivity index is 0.000000810. The molecule has 0 amide bonds. The van der Waals surface area contributed by atoms with Crippen molar-refractivity contribution in [1.82, 2.24) is 4.90 Å². The number of hydrogen-bond acceptors (Lipinski definition) is 2. The highest BCUT2D eigenvalue weighted by molar-refractivity contribution is 6.28. The fourth-order valence-corrected chi connectivity index (χ4v) is 1.25. The van der Waals surface area contributed by atoms with Gasteiger partial charge in [-0.2, -0.15) is 0 Å². The molecule has 0 spiro atoms. The first kappa shape index (κ1) is 10.0. The van der Waals surface area contributed by atoms with E-state index >= 15 is 0 Å². The number of rotatable bonds is 2. The van der Waals surface area contributed by atoms with E-state index in [1.54, 1.807) is 0 Å². The molecule has 1 rings (SSSR count). The van der Waals surface area contributed by atoms with Crippen molar-refractivity contribution in [2.75, 3.05) is 25.5 Å². The summed E-state index contributed by atoms with van der Waals surface area (Å²) in [4.78, 5) is 6.42. The molecule has 1 aliphatic heterocycles. The van der Waals surface area contributed by atoms with Gasteiger partial charge in [0.2, 0.25) is 0 Å². The molecule has 4 heteroatoms. The quantitative estimate of drug-likeness (QED) is 0.590. The van der Waals surface area contributed by atoms with Crippen molar-refractivity contribution in [3.05, 3.63) is 0 Å². The number of likely N-dealkylation sites (N-methyl/N-ethyl adjacent to an activating group) is 1. The van der Waals surface area contributed by atoms with E-state index in [1.807, 2.05) is 0 Å². The molecule has 0 saturated carbocycles. The lowest BCUT2D eigenvalue weighted by atomic mass is 10.5. The minimum atomic E-state index is 0. The van der Waals surface area contributed by atoms with Gasteiger partial charge < -0.3 is 4.90 Å². The summed E-state index contributed by atoms with van der Waals surface area (Å²) in [5.41, 5.74) is 0. The topological polar surface area (TPSA) is 15.6 Å². The lowest BCUT2D eigenvalue weighted by molar-refractivity contribution is 0.481. The Morgan fingerprint density at radius 2 is 2.40 bits per heavy atom. The first-order valence-electron chi connectivity index (χ1n) is 3.22. The van der Waals surface area contributed by atoms with Crippen LogP contribution >= 0.6 is 24.0 Å². The molecule has 0 aliphatic carbocycles. The number of halogens is 2. The van der Waals surface area contributed by atoms with E-state index in [0.29, 0.717) is 5.88 Å². The second-order valence-corrected chi connectivity index (χ2v) is 2.28. The lowest BCUT2D eigenvalue weighted by Gasteiger charge is -2.15. The van der Waals surface area contributed by atoms with Gasteiger partial charge in [-0.15, -0.1) is 24.0 Å². The summed E-state index contributed by atoms with van der Waals surface area (Å²) in [6.07, 6.45) is 0. The Bertz CT molecular complexity index is 125. The third-order valence-corrected chi connectivity index (χ3v) is 1.77. The maximum atomic E-state index is 5.61. The summed E-state index contributed by atoms with van der Waals surface area (Å²) in [5.74, 6) is 1.62. The highest BCUT2D eigenvalue weighted by atomic mass is 35.5. The zero-order valence-corrected chi connectivity index (χ0v) is 7.58. The third-order valence-electron chi connectivity index (χ3n) is 1.53. The molecular weight excluding hydrogens is 171 g/mol. The van der Waals surface area contributed by atoms with Crippen LogP contribution in [0.4, 0.5) is 0 Å². The van der Waals surface area contributed by atoms with Gasteiger partial charge in [0.1, 0.15) is 5.84 Å². The van der Waals surface area contributed by atoms with Gasteiger partial charge in [-0.3, -0.25) is 4.99 Å².